The fourth-order valence-electron chi connectivity index (χ4n) is 5.75. The molecule has 6 rings (SSSR count). The maximum absolute atomic E-state index is 16.1. The summed E-state index contributed by atoms with van der Waals surface area (Å²) in [5.74, 6) is -0.141. The van der Waals surface area contributed by atoms with E-state index in [9.17, 15) is 9.18 Å². The van der Waals surface area contributed by atoms with E-state index < -0.39 is 5.82 Å². The molecule has 0 unspecified atom stereocenters. The summed E-state index contributed by atoms with van der Waals surface area (Å²) in [7, 11) is 1.48. The van der Waals surface area contributed by atoms with Crippen molar-refractivity contribution in [3.05, 3.63) is 77.4 Å². The highest BCUT2D eigenvalue weighted by atomic mass is 19.1. The smallest absolute Gasteiger partial charge is 0.270 e. The summed E-state index contributed by atoms with van der Waals surface area (Å²) in [5.41, 5.74) is 4.96. The van der Waals surface area contributed by atoms with Crippen LogP contribution in [0.4, 0.5) is 14.6 Å². The van der Waals surface area contributed by atoms with Crippen LogP contribution in [-0.2, 0) is 6.42 Å². The number of methoxy groups -OCH3 is 1. The predicted molar refractivity (Wildman–Crippen MR) is 155 cm³/mol. The minimum absolute atomic E-state index is 0.202. The standard InChI is InChI=1S/C31H32F2N6O2/c1-3-19-6-8-35-18-25(19)23-14-22(20-5-4-7-34-16-20)28(33)29-24(23)15-26(37-29)31(40)39-11-9-38(10-12-39)30-27(41-2)13-21(32)17-36-30/h5-6,8,13-15,17-18,34,37H,3-4,7,9-12,16H2,1-2H3. The van der Waals surface area contributed by atoms with E-state index in [1.165, 1.54) is 13.2 Å². The quantitative estimate of drug-likeness (QED) is 0.353. The number of H-pyrrole nitrogens is 1. The molecule has 3 aromatic heterocycles. The lowest BCUT2D eigenvalue weighted by Crippen LogP contribution is -2.49. The van der Waals surface area contributed by atoms with Crippen molar-refractivity contribution in [2.75, 3.05) is 51.3 Å². The van der Waals surface area contributed by atoms with E-state index in [0.29, 0.717) is 66.5 Å². The van der Waals surface area contributed by atoms with Crippen LogP contribution in [0.5, 0.6) is 5.75 Å². The highest BCUT2D eigenvalue weighted by Crippen LogP contribution is 2.37. The lowest BCUT2D eigenvalue weighted by Gasteiger charge is -2.35. The number of piperazine rings is 1. The number of carbonyl (C=O) groups excluding carboxylic acids is 1. The molecule has 1 fully saturated rings. The van der Waals surface area contributed by atoms with Crippen LogP contribution in [0.1, 0.15) is 35.0 Å². The number of halogens is 2. The number of rotatable bonds is 6. The maximum Gasteiger partial charge on any atom is 0.270 e. The van der Waals surface area contributed by atoms with Crippen molar-refractivity contribution >= 4 is 28.2 Å². The van der Waals surface area contributed by atoms with Gasteiger partial charge in [0.15, 0.2) is 17.4 Å². The Labute approximate surface area is 237 Å². The van der Waals surface area contributed by atoms with E-state index in [1.807, 2.05) is 23.2 Å². The van der Waals surface area contributed by atoms with Crippen LogP contribution in [0.15, 0.2) is 48.9 Å². The Hall–Kier alpha value is -4.31. The number of anilines is 1. The molecule has 4 aromatic rings. The fraction of sp³-hybridized carbons (Fsp3) is 0.323. The number of aromatic nitrogens is 3. The van der Waals surface area contributed by atoms with E-state index in [2.05, 4.69) is 33.3 Å². The van der Waals surface area contributed by atoms with Gasteiger partial charge in [0.05, 0.1) is 18.8 Å². The first kappa shape index (κ1) is 26.9. The molecule has 8 nitrogen and oxygen atoms in total. The summed E-state index contributed by atoms with van der Waals surface area (Å²) >= 11 is 0. The molecule has 2 aliphatic rings. The third kappa shape index (κ3) is 5.04. The van der Waals surface area contributed by atoms with Gasteiger partial charge in [0.1, 0.15) is 11.5 Å². The van der Waals surface area contributed by atoms with Gasteiger partial charge >= 0.3 is 0 Å². The van der Waals surface area contributed by atoms with Crippen LogP contribution in [0, 0.1) is 11.6 Å². The van der Waals surface area contributed by atoms with E-state index in [4.69, 9.17) is 4.74 Å². The molecule has 0 spiro atoms. The van der Waals surface area contributed by atoms with Gasteiger partial charge < -0.3 is 24.8 Å². The molecule has 1 aromatic carbocycles. The number of nitrogens with zero attached hydrogens (tertiary/aromatic N) is 4. The van der Waals surface area contributed by atoms with Crippen LogP contribution in [-0.4, -0.2) is 72.1 Å². The maximum atomic E-state index is 16.1. The van der Waals surface area contributed by atoms with E-state index in [-0.39, 0.29) is 11.7 Å². The van der Waals surface area contributed by atoms with Crippen molar-refractivity contribution in [1.82, 2.24) is 25.2 Å². The lowest BCUT2D eigenvalue weighted by atomic mass is 9.92. The molecule has 212 valence electrons. The van der Waals surface area contributed by atoms with Gasteiger partial charge in [-0.1, -0.05) is 13.0 Å². The molecule has 0 atom stereocenters. The van der Waals surface area contributed by atoms with Crippen LogP contribution in [0.3, 0.4) is 0 Å². The molecule has 2 aliphatic heterocycles. The summed E-state index contributed by atoms with van der Waals surface area (Å²) in [5, 5.41) is 3.98. The first-order valence-corrected chi connectivity index (χ1v) is 13.9. The van der Waals surface area contributed by atoms with E-state index in [1.54, 1.807) is 17.2 Å². The number of aromatic amines is 1. The Morgan fingerprint density at radius 2 is 1.90 bits per heavy atom. The zero-order chi connectivity index (χ0) is 28.5. The molecule has 0 saturated carbocycles. The van der Waals surface area contributed by atoms with Crippen molar-refractivity contribution in [1.29, 1.82) is 0 Å². The third-order valence-corrected chi connectivity index (χ3v) is 7.92. The number of amides is 1. The Morgan fingerprint density at radius 1 is 1.07 bits per heavy atom. The Balaban J connectivity index is 1.34. The Bertz CT molecular complexity index is 1640. The summed E-state index contributed by atoms with van der Waals surface area (Å²) < 4.78 is 35.0. The van der Waals surface area contributed by atoms with Crippen LogP contribution < -0.4 is 15.0 Å². The second-order valence-electron chi connectivity index (χ2n) is 10.3. The van der Waals surface area contributed by atoms with E-state index >= 15 is 4.39 Å². The first-order chi connectivity index (χ1) is 20.0. The molecule has 0 radical (unpaired) electrons. The van der Waals surface area contributed by atoms with Gasteiger partial charge in [-0.3, -0.25) is 9.78 Å². The number of aryl methyl sites for hydroxylation is 1. The number of hydrogen-bond donors (Lipinski definition) is 2. The second-order valence-corrected chi connectivity index (χ2v) is 10.3. The van der Waals surface area contributed by atoms with Crippen molar-refractivity contribution in [2.24, 2.45) is 0 Å². The van der Waals surface area contributed by atoms with Crippen LogP contribution >= 0.6 is 0 Å². The average molecular weight is 559 g/mol. The van der Waals surface area contributed by atoms with Gasteiger partial charge in [0.25, 0.3) is 5.91 Å². The highest BCUT2D eigenvalue weighted by Gasteiger charge is 2.28. The molecule has 0 aliphatic carbocycles. The van der Waals surface area contributed by atoms with E-state index in [0.717, 1.165) is 47.8 Å². The van der Waals surface area contributed by atoms with Crippen molar-refractivity contribution < 1.29 is 18.3 Å². The number of ether oxygens (including phenoxy) is 1. The molecule has 1 amide bonds. The molecule has 41 heavy (non-hydrogen) atoms. The summed E-state index contributed by atoms with van der Waals surface area (Å²) in [6, 6.07) is 6.94. The van der Waals surface area contributed by atoms with Crippen LogP contribution in [0.2, 0.25) is 0 Å². The molecule has 0 bridgehead atoms. The first-order valence-electron chi connectivity index (χ1n) is 13.9. The molecule has 5 heterocycles. The summed E-state index contributed by atoms with van der Waals surface area (Å²) in [6.07, 6.45) is 8.44. The zero-order valence-electron chi connectivity index (χ0n) is 23.1. The molecule has 10 heteroatoms. The topological polar surface area (TPSA) is 86.4 Å². The average Bonchev–Trinajstić information content (AvgIpc) is 3.48. The molecular formula is C31H32F2N6O2. The largest absolute Gasteiger partial charge is 0.493 e. The van der Waals surface area contributed by atoms with Gasteiger partial charge in [-0.25, -0.2) is 13.8 Å². The van der Waals surface area contributed by atoms with Gasteiger partial charge in [0, 0.05) is 67.7 Å². The molecule has 1 saturated heterocycles. The summed E-state index contributed by atoms with van der Waals surface area (Å²) in [4.78, 5) is 29.1. The van der Waals surface area contributed by atoms with Crippen molar-refractivity contribution in [2.45, 2.75) is 19.8 Å². The number of pyridine rings is 2. The number of carbonyl (C=O) groups is 1. The van der Waals surface area contributed by atoms with Gasteiger partial charge in [-0.2, -0.15) is 0 Å². The number of hydrogen-bond acceptors (Lipinski definition) is 6. The minimum atomic E-state index is -0.471. The normalized spacial score (nSPS) is 15.8. The molecule has 2 N–H and O–H groups in total. The zero-order valence-corrected chi connectivity index (χ0v) is 23.1. The fourth-order valence-corrected chi connectivity index (χ4v) is 5.75. The van der Waals surface area contributed by atoms with Crippen molar-refractivity contribution in [3.8, 4) is 16.9 Å². The predicted octanol–water partition coefficient (Wildman–Crippen LogP) is 4.81. The van der Waals surface area contributed by atoms with Gasteiger partial charge in [-0.05, 0) is 54.3 Å². The van der Waals surface area contributed by atoms with Crippen molar-refractivity contribution in [3.63, 3.8) is 0 Å². The second kappa shape index (κ2) is 11.3. The van der Waals surface area contributed by atoms with Gasteiger partial charge in [0.2, 0.25) is 0 Å². The third-order valence-electron chi connectivity index (χ3n) is 7.92. The Morgan fingerprint density at radius 3 is 2.63 bits per heavy atom. The number of nitrogens with one attached hydrogen (secondary N) is 2. The number of fused-ring (bicyclic) bond motifs is 1. The van der Waals surface area contributed by atoms with Crippen LogP contribution in [0.25, 0.3) is 27.6 Å². The van der Waals surface area contributed by atoms with Gasteiger partial charge in [-0.15, -0.1) is 0 Å². The monoisotopic (exact) mass is 558 g/mol. The lowest BCUT2D eigenvalue weighted by molar-refractivity contribution is 0.0741. The summed E-state index contributed by atoms with van der Waals surface area (Å²) in [6.45, 7) is 5.39. The Kier molecular flexibility index (Phi) is 7.40. The number of benzene rings is 1. The highest BCUT2D eigenvalue weighted by molar-refractivity contribution is 6.05. The SMILES string of the molecule is CCc1ccncc1-c1cc(C2=CCCNC2)c(F)c2[nH]c(C(=O)N3CCN(c4ncc(F)cc4OC)CC3)cc12. The minimum Gasteiger partial charge on any atom is -0.493 e. The molecular weight excluding hydrogens is 526 g/mol.